The average Bonchev–Trinajstić information content (AvgIpc) is 2.54. The van der Waals surface area contributed by atoms with E-state index in [2.05, 4.69) is 26.0 Å². The summed E-state index contributed by atoms with van der Waals surface area (Å²) in [6.07, 6.45) is -5.21. The van der Waals surface area contributed by atoms with Crippen LogP contribution in [0.4, 0.5) is 23.7 Å². The number of ether oxygens (including phenoxy) is 2. The van der Waals surface area contributed by atoms with E-state index in [4.69, 9.17) is 4.74 Å². The minimum Gasteiger partial charge on any atom is -0.488 e. The van der Waals surface area contributed by atoms with Gasteiger partial charge >= 0.3 is 12.3 Å². The molecule has 0 unspecified atom stereocenters. The second-order valence-corrected chi connectivity index (χ2v) is 6.02. The number of methoxy groups -OCH3 is 1. The molecule has 0 fully saturated rings. The number of hydrogen-bond donors (Lipinski definition) is 1. The van der Waals surface area contributed by atoms with Gasteiger partial charge in [0.2, 0.25) is 0 Å². The number of nitrogens with one attached hydrogen (secondary N) is 1. The van der Waals surface area contributed by atoms with Gasteiger partial charge in [-0.1, -0.05) is 33.6 Å². The van der Waals surface area contributed by atoms with Gasteiger partial charge in [-0.2, -0.15) is 13.2 Å². The molecule has 8 heteroatoms. The number of hydrogen-bond acceptors (Lipinski definition) is 3. The molecule has 0 aliphatic rings. The molecule has 0 radical (unpaired) electrons. The average molecular weight is 418 g/mol. The summed E-state index contributed by atoms with van der Waals surface area (Å²) in [5.74, 6) is -0.280. The number of aryl methyl sites for hydroxylation is 1. The van der Waals surface area contributed by atoms with Crippen molar-refractivity contribution >= 4 is 27.7 Å². The molecule has 25 heavy (non-hydrogen) atoms. The van der Waals surface area contributed by atoms with Crippen molar-refractivity contribution in [1.29, 1.82) is 0 Å². The van der Waals surface area contributed by atoms with Crippen molar-refractivity contribution in [3.05, 3.63) is 57.6 Å². The zero-order valence-corrected chi connectivity index (χ0v) is 15.0. The van der Waals surface area contributed by atoms with Crippen LogP contribution in [0.5, 0.6) is 5.75 Å². The van der Waals surface area contributed by atoms with Crippen molar-refractivity contribution in [3.63, 3.8) is 0 Å². The fourth-order valence-corrected chi connectivity index (χ4v) is 2.61. The molecule has 2 aromatic carbocycles. The van der Waals surface area contributed by atoms with Gasteiger partial charge < -0.3 is 9.47 Å². The van der Waals surface area contributed by atoms with E-state index in [9.17, 15) is 18.0 Å². The van der Waals surface area contributed by atoms with Crippen LogP contribution in [0.25, 0.3) is 0 Å². The first kappa shape index (κ1) is 19.1. The van der Waals surface area contributed by atoms with Crippen molar-refractivity contribution in [2.75, 3.05) is 12.4 Å². The molecule has 0 saturated carbocycles. The Morgan fingerprint density at radius 2 is 1.96 bits per heavy atom. The molecule has 0 aromatic heterocycles. The Morgan fingerprint density at radius 1 is 1.24 bits per heavy atom. The molecular weight excluding hydrogens is 403 g/mol. The first-order valence-electron chi connectivity index (χ1n) is 7.15. The van der Waals surface area contributed by atoms with Crippen molar-refractivity contribution in [3.8, 4) is 5.75 Å². The molecule has 1 amide bonds. The van der Waals surface area contributed by atoms with E-state index in [0.29, 0.717) is 21.3 Å². The zero-order valence-electron chi connectivity index (χ0n) is 13.4. The minimum atomic E-state index is -4.53. The van der Waals surface area contributed by atoms with E-state index >= 15 is 0 Å². The third-order valence-electron chi connectivity index (χ3n) is 3.35. The molecule has 0 heterocycles. The fraction of sp³-hybridized carbons (Fsp3) is 0.235. The summed E-state index contributed by atoms with van der Waals surface area (Å²) < 4.78 is 50.0. The third-order valence-corrected chi connectivity index (χ3v) is 4.10. The Balaban J connectivity index is 2.29. The number of benzene rings is 2. The third kappa shape index (κ3) is 4.88. The first-order valence-corrected chi connectivity index (χ1v) is 7.94. The van der Waals surface area contributed by atoms with E-state index < -0.39 is 17.8 Å². The maximum absolute atomic E-state index is 13.2. The van der Waals surface area contributed by atoms with Crippen molar-refractivity contribution in [1.82, 2.24) is 0 Å². The molecule has 0 bridgehead atoms. The summed E-state index contributed by atoms with van der Waals surface area (Å²) in [7, 11) is 1.21. The highest BCUT2D eigenvalue weighted by Crippen LogP contribution is 2.37. The van der Waals surface area contributed by atoms with E-state index in [1.165, 1.54) is 19.2 Å². The van der Waals surface area contributed by atoms with Gasteiger partial charge in [-0.25, -0.2) is 4.79 Å². The maximum atomic E-state index is 13.2. The smallest absolute Gasteiger partial charge is 0.419 e. The van der Waals surface area contributed by atoms with Crippen LogP contribution in [0.2, 0.25) is 0 Å². The Kier molecular flexibility index (Phi) is 5.94. The summed E-state index contributed by atoms with van der Waals surface area (Å²) in [4.78, 5) is 11.4. The Labute approximate surface area is 151 Å². The standard InChI is InChI=1S/C17H15BrF3NO3/c1-10-6-7-15(12(8-10)17(19,20)21)25-9-11-13(18)4-3-5-14(11)22-16(23)24-2/h3-8H,9H2,1-2H3,(H,22,23). The molecule has 2 rings (SSSR count). The van der Waals surface area contributed by atoms with Crippen LogP contribution in [0.15, 0.2) is 40.9 Å². The molecule has 134 valence electrons. The number of halogens is 4. The second-order valence-electron chi connectivity index (χ2n) is 5.17. The number of amides is 1. The maximum Gasteiger partial charge on any atom is 0.419 e. The molecule has 4 nitrogen and oxygen atoms in total. The van der Waals surface area contributed by atoms with Gasteiger partial charge in [-0.15, -0.1) is 0 Å². The van der Waals surface area contributed by atoms with Gasteiger partial charge in [-0.05, 0) is 31.2 Å². The normalized spacial score (nSPS) is 11.1. The molecule has 1 N–H and O–H groups in total. The Hall–Kier alpha value is -2.22. The molecular formula is C17H15BrF3NO3. The SMILES string of the molecule is COC(=O)Nc1cccc(Br)c1COc1ccc(C)cc1C(F)(F)F. The van der Waals surface area contributed by atoms with Crippen LogP contribution in [0, 0.1) is 6.92 Å². The van der Waals surface area contributed by atoms with Crippen molar-refractivity contribution in [2.24, 2.45) is 0 Å². The largest absolute Gasteiger partial charge is 0.488 e. The van der Waals surface area contributed by atoms with Gasteiger partial charge in [0, 0.05) is 10.0 Å². The number of carbonyl (C=O) groups is 1. The number of carbonyl (C=O) groups excluding carboxylic acids is 1. The van der Waals surface area contributed by atoms with E-state index in [0.717, 1.165) is 6.07 Å². The predicted octanol–water partition coefficient (Wildman–Crippen LogP) is 5.53. The number of anilines is 1. The zero-order chi connectivity index (χ0) is 18.6. The summed E-state index contributed by atoms with van der Waals surface area (Å²) in [5.41, 5.74) is 0.499. The van der Waals surface area contributed by atoms with E-state index in [1.54, 1.807) is 25.1 Å². The van der Waals surface area contributed by atoms with Crippen LogP contribution in [-0.4, -0.2) is 13.2 Å². The highest BCUT2D eigenvalue weighted by molar-refractivity contribution is 9.10. The van der Waals surface area contributed by atoms with Crippen LogP contribution in [0.1, 0.15) is 16.7 Å². The fourth-order valence-electron chi connectivity index (χ4n) is 2.12. The lowest BCUT2D eigenvalue weighted by atomic mass is 10.1. The van der Waals surface area contributed by atoms with E-state index in [-0.39, 0.29) is 12.4 Å². The summed E-state index contributed by atoms with van der Waals surface area (Å²) in [6.45, 7) is 1.40. The lowest BCUT2D eigenvalue weighted by molar-refractivity contribution is -0.139. The summed E-state index contributed by atoms with van der Waals surface area (Å²) in [5, 5.41) is 2.50. The molecule has 0 saturated heterocycles. The van der Waals surface area contributed by atoms with Crippen LogP contribution in [-0.2, 0) is 17.5 Å². The minimum absolute atomic E-state index is 0.174. The topological polar surface area (TPSA) is 47.6 Å². The van der Waals surface area contributed by atoms with Crippen LogP contribution >= 0.6 is 15.9 Å². The Bertz CT molecular complexity index is 778. The lowest BCUT2D eigenvalue weighted by Gasteiger charge is -2.17. The van der Waals surface area contributed by atoms with Gasteiger partial charge in [0.15, 0.2) is 0 Å². The molecule has 2 aromatic rings. The summed E-state index contributed by atoms with van der Waals surface area (Å²) >= 11 is 3.31. The van der Waals surface area contributed by atoms with E-state index in [1.807, 2.05) is 0 Å². The lowest BCUT2D eigenvalue weighted by Crippen LogP contribution is -2.14. The van der Waals surface area contributed by atoms with Gasteiger partial charge in [0.05, 0.1) is 18.4 Å². The predicted molar refractivity (Wildman–Crippen MR) is 90.7 cm³/mol. The highest BCUT2D eigenvalue weighted by atomic mass is 79.9. The summed E-state index contributed by atoms with van der Waals surface area (Å²) in [6, 6.07) is 8.82. The first-order chi connectivity index (χ1) is 11.7. The number of alkyl halides is 3. The quantitative estimate of drug-likeness (QED) is 0.710. The molecule has 0 atom stereocenters. The van der Waals surface area contributed by atoms with Crippen LogP contribution in [0.3, 0.4) is 0 Å². The highest BCUT2D eigenvalue weighted by Gasteiger charge is 2.34. The Morgan fingerprint density at radius 3 is 2.60 bits per heavy atom. The van der Waals surface area contributed by atoms with Crippen molar-refractivity contribution < 1.29 is 27.4 Å². The van der Waals surface area contributed by atoms with Crippen LogP contribution < -0.4 is 10.1 Å². The molecule has 0 aliphatic carbocycles. The monoisotopic (exact) mass is 417 g/mol. The number of rotatable bonds is 4. The molecule has 0 spiro atoms. The van der Waals surface area contributed by atoms with Gasteiger partial charge in [0.1, 0.15) is 12.4 Å². The molecule has 0 aliphatic heterocycles. The van der Waals surface area contributed by atoms with Gasteiger partial charge in [-0.3, -0.25) is 5.32 Å². The van der Waals surface area contributed by atoms with Crippen molar-refractivity contribution in [2.45, 2.75) is 19.7 Å². The second kappa shape index (κ2) is 7.77. The van der Waals surface area contributed by atoms with Gasteiger partial charge in [0.25, 0.3) is 0 Å².